The Balaban J connectivity index is 3.58. The molecule has 0 heterocycles. The minimum absolute atomic E-state index is 0.0102. The van der Waals surface area contributed by atoms with Crippen LogP contribution in [-0.2, 0) is 5.41 Å². The number of anilines is 1. The van der Waals surface area contributed by atoms with Crippen molar-refractivity contribution in [2.45, 2.75) is 26.2 Å². The maximum absolute atomic E-state index is 11.0. The summed E-state index contributed by atoms with van der Waals surface area (Å²) in [5.74, 6) is -1.11. The number of hydrogen-bond acceptors (Lipinski definition) is 3. The topological polar surface area (TPSA) is 87.1 Å². The highest BCUT2D eigenvalue weighted by Crippen LogP contribution is 2.31. The van der Waals surface area contributed by atoms with E-state index in [4.69, 9.17) is 16.1 Å². The van der Waals surface area contributed by atoms with E-state index in [1.807, 2.05) is 26.8 Å². The number of carboxylic acid groups (broad SMARTS) is 1. The standard InChI is InChI=1S/C12H14N2O2/c1-12(2,3)9-5-7(6-13)4-8(10(9)14)11(15)16/h4-5H,14H2,1-3H3,(H,15,16). The van der Waals surface area contributed by atoms with Crippen LogP contribution < -0.4 is 5.73 Å². The highest BCUT2D eigenvalue weighted by atomic mass is 16.4. The molecule has 0 spiro atoms. The Morgan fingerprint density at radius 2 is 2.00 bits per heavy atom. The van der Waals surface area contributed by atoms with Gasteiger partial charge in [-0.15, -0.1) is 0 Å². The number of nitriles is 1. The number of nitrogens with zero attached hydrogens (tertiary/aromatic N) is 1. The van der Waals surface area contributed by atoms with E-state index < -0.39 is 5.97 Å². The van der Waals surface area contributed by atoms with Crippen LogP contribution in [0.4, 0.5) is 5.69 Å². The predicted octanol–water partition coefficient (Wildman–Crippen LogP) is 2.14. The van der Waals surface area contributed by atoms with Crippen molar-refractivity contribution < 1.29 is 9.90 Å². The first-order chi connectivity index (χ1) is 7.27. The molecular weight excluding hydrogens is 204 g/mol. The van der Waals surface area contributed by atoms with Gasteiger partial charge in [-0.2, -0.15) is 5.26 Å². The minimum atomic E-state index is -1.11. The van der Waals surface area contributed by atoms with E-state index >= 15 is 0 Å². The van der Waals surface area contributed by atoms with Gasteiger partial charge < -0.3 is 10.8 Å². The molecule has 0 aliphatic heterocycles. The summed E-state index contributed by atoms with van der Waals surface area (Å²) in [6.45, 7) is 5.77. The lowest BCUT2D eigenvalue weighted by molar-refractivity contribution is 0.0698. The lowest BCUT2D eigenvalue weighted by Crippen LogP contribution is -2.17. The van der Waals surface area contributed by atoms with E-state index in [9.17, 15) is 4.79 Å². The number of aromatic carboxylic acids is 1. The van der Waals surface area contributed by atoms with Crippen molar-refractivity contribution in [3.63, 3.8) is 0 Å². The number of nitrogen functional groups attached to an aromatic ring is 1. The van der Waals surface area contributed by atoms with Crippen LogP contribution >= 0.6 is 0 Å². The van der Waals surface area contributed by atoms with Crippen LogP contribution in [0.3, 0.4) is 0 Å². The monoisotopic (exact) mass is 218 g/mol. The van der Waals surface area contributed by atoms with Gasteiger partial charge in [0.2, 0.25) is 0 Å². The molecule has 0 unspecified atom stereocenters. The summed E-state index contributed by atoms with van der Waals surface area (Å²) >= 11 is 0. The molecule has 0 aliphatic rings. The van der Waals surface area contributed by atoms with E-state index in [2.05, 4.69) is 0 Å². The third-order valence-electron chi connectivity index (χ3n) is 2.35. The summed E-state index contributed by atoms with van der Waals surface area (Å²) in [5.41, 5.74) is 6.74. The fraction of sp³-hybridized carbons (Fsp3) is 0.333. The average Bonchev–Trinajstić information content (AvgIpc) is 2.15. The molecule has 16 heavy (non-hydrogen) atoms. The number of rotatable bonds is 1. The minimum Gasteiger partial charge on any atom is -0.478 e. The molecule has 1 aromatic rings. The Morgan fingerprint density at radius 3 is 2.38 bits per heavy atom. The molecular formula is C12H14N2O2. The van der Waals surface area contributed by atoms with E-state index in [1.165, 1.54) is 6.07 Å². The zero-order valence-electron chi connectivity index (χ0n) is 9.53. The van der Waals surface area contributed by atoms with Crippen LogP contribution in [0.2, 0.25) is 0 Å². The van der Waals surface area contributed by atoms with E-state index in [-0.39, 0.29) is 16.7 Å². The van der Waals surface area contributed by atoms with Crippen molar-refractivity contribution in [2.24, 2.45) is 0 Å². The molecule has 0 amide bonds. The Morgan fingerprint density at radius 1 is 1.44 bits per heavy atom. The highest BCUT2D eigenvalue weighted by Gasteiger charge is 2.22. The first-order valence-corrected chi connectivity index (χ1v) is 4.84. The average molecular weight is 218 g/mol. The quantitative estimate of drug-likeness (QED) is 0.707. The molecule has 1 aromatic carbocycles. The molecule has 0 bridgehead atoms. The van der Waals surface area contributed by atoms with E-state index in [0.29, 0.717) is 11.1 Å². The Bertz CT molecular complexity index is 479. The number of hydrogen-bond donors (Lipinski definition) is 2. The van der Waals surface area contributed by atoms with Crippen molar-refractivity contribution in [2.75, 3.05) is 5.73 Å². The summed E-state index contributed by atoms with van der Waals surface area (Å²) in [7, 11) is 0. The molecule has 0 fully saturated rings. The first-order valence-electron chi connectivity index (χ1n) is 4.84. The lowest BCUT2D eigenvalue weighted by Gasteiger charge is -2.22. The molecule has 0 saturated carbocycles. The van der Waals surface area contributed by atoms with Gasteiger partial charge in [0.15, 0.2) is 0 Å². The van der Waals surface area contributed by atoms with Crippen LogP contribution in [0.1, 0.15) is 42.3 Å². The maximum Gasteiger partial charge on any atom is 0.337 e. The number of benzene rings is 1. The molecule has 4 nitrogen and oxygen atoms in total. The third-order valence-corrected chi connectivity index (χ3v) is 2.35. The zero-order valence-corrected chi connectivity index (χ0v) is 9.53. The molecule has 0 aromatic heterocycles. The van der Waals surface area contributed by atoms with Crippen LogP contribution in [0.25, 0.3) is 0 Å². The Hall–Kier alpha value is -2.02. The summed E-state index contributed by atoms with van der Waals surface area (Å²) in [5, 5.41) is 17.8. The van der Waals surface area contributed by atoms with Crippen LogP contribution in [0.5, 0.6) is 0 Å². The van der Waals surface area contributed by atoms with E-state index in [0.717, 1.165) is 0 Å². The Kier molecular flexibility index (Phi) is 2.90. The van der Waals surface area contributed by atoms with Gasteiger partial charge in [0.1, 0.15) is 0 Å². The van der Waals surface area contributed by atoms with Crippen molar-refractivity contribution >= 4 is 11.7 Å². The van der Waals surface area contributed by atoms with E-state index in [1.54, 1.807) is 6.07 Å². The molecule has 0 atom stereocenters. The number of nitrogens with two attached hydrogens (primary N) is 1. The fourth-order valence-electron chi connectivity index (χ4n) is 1.52. The summed E-state index contributed by atoms with van der Waals surface area (Å²) in [4.78, 5) is 11.0. The van der Waals surface area contributed by atoms with Crippen LogP contribution in [0.15, 0.2) is 12.1 Å². The van der Waals surface area contributed by atoms with Crippen molar-refractivity contribution in [3.8, 4) is 6.07 Å². The van der Waals surface area contributed by atoms with Gasteiger partial charge >= 0.3 is 5.97 Å². The van der Waals surface area contributed by atoms with Gasteiger partial charge in [-0.1, -0.05) is 20.8 Å². The smallest absolute Gasteiger partial charge is 0.337 e. The van der Waals surface area contributed by atoms with Crippen molar-refractivity contribution in [1.82, 2.24) is 0 Å². The summed E-state index contributed by atoms with van der Waals surface area (Å²) in [6, 6.07) is 4.88. The second-order valence-corrected chi connectivity index (χ2v) is 4.65. The zero-order chi connectivity index (χ0) is 12.5. The number of carboxylic acids is 1. The molecule has 0 radical (unpaired) electrons. The molecule has 4 heteroatoms. The Labute approximate surface area is 94.3 Å². The van der Waals surface area contributed by atoms with Gasteiger partial charge in [-0.3, -0.25) is 0 Å². The van der Waals surface area contributed by atoms with Crippen LogP contribution in [0, 0.1) is 11.3 Å². The predicted molar refractivity (Wildman–Crippen MR) is 61.2 cm³/mol. The van der Waals surface area contributed by atoms with Gasteiger partial charge in [0.25, 0.3) is 0 Å². The fourth-order valence-corrected chi connectivity index (χ4v) is 1.52. The third kappa shape index (κ3) is 2.14. The molecule has 0 aliphatic carbocycles. The number of carbonyl (C=O) groups is 1. The SMILES string of the molecule is CC(C)(C)c1cc(C#N)cc(C(=O)O)c1N. The van der Waals surface area contributed by atoms with Crippen molar-refractivity contribution in [1.29, 1.82) is 5.26 Å². The van der Waals surface area contributed by atoms with Crippen molar-refractivity contribution in [3.05, 3.63) is 28.8 Å². The summed E-state index contributed by atoms with van der Waals surface area (Å²) < 4.78 is 0. The highest BCUT2D eigenvalue weighted by molar-refractivity contribution is 5.95. The molecule has 1 rings (SSSR count). The molecule has 3 N–H and O–H groups in total. The van der Waals surface area contributed by atoms with Gasteiger partial charge in [-0.25, -0.2) is 4.79 Å². The van der Waals surface area contributed by atoms with Gasteiger partial charge in [0, 0.05) is 5.69 Å². The molecule has 0 saturated heterocycles. The van der Waals surface area contributed by atoms with Gasteiger partial charge in [0.05, 0.1) is 17.2 Å². The second kappa shape index (κ2) is 3.86. The first kappa shape index (κ1) is 12.1. The normalized spacial score (nSPS) is 10.9. The molecule has 84 valence electrons. The lowest BCUT2D eigenvalue weighted by atomic mass is 9.83. The summed E-state index contributed by atoms with van der Waals surface area (Å²) in [6.07, 6.45) is 0. The van der Waals surface area contributed by atoms with Crippen LogP contribution in [-0.4, -0.2) is 11.1 Å². The second-order valence-electron chi connectivity index (χ2n) is 4.65. The maximum atomic E-state index is 11.0. The largest absolute Gasteiger partial charge is 0.478 e. The van der Waals surface area contributed by atoms with Gasteiger partial charge in [-0.05, 0) is 23.1 Å².